The molecule has 0 saturated carbocycles. The number of hydrogen-bond acceptors (Lipinski definition) is 7. The molecule has 1 fully saturated rings. The minimum atomic E-state index is -0.816. The lowest BCUT2D eigenvalue weighted by Crippen LogP contribution is -2.51. The van der Waals surface area contributed by atoms with Gasteiger partial charge in [0, 0.05) is 20.8 Å². The van der Waals surface area contributed by atoms with E-state index in [1.807, 2.05) is 0 Å². The van der Waals surface area contributed by atoms with Crippen LogP contribution in [-0.4, -0.2) is 42.5 Å². The summed E-state index contributed by atoms with van der Waals surface area (Å²) in [6.07, 6.45) is -2.65. The van der Waals surface area contributed by atoms with E-state index in [0.29, 0.717) is 0 Å². The van der Waals surface area contributed by atoms with Gasteiger partial charge in [-0.25, -0.2) is 0 Å². The minimum Gasteiger partial charge on any atom is -0.458 e. The third kappa shape index (κ3) is 4.86. The zero-order valence-electron chi connectivity index (χ0n) is 11.4. The Hall–Kier alpha value is -1.63. The van der Waals surface area contributed by atoms with Crippen LogP contribution in [0, 0.1) is 0 Å². The van der Waals surface area contributed by atoms with Crippen molar-refractivity contribution < 1.29 is 33.3 Å². The molecule has 7 nitrogen and oxygen atoms in total. The van der Waals surface area contributed by atoms with Crippen molar-refractivity contribution in [1.82, 2.24) is 0 Å². The molecule has 0 aromatic heterocycles. The third-order valence-electron chi connectivity index (χ3n) is 2.54. The van der Waals surface area contributed by atoms with Crippen molar-refractivity contribution in [2.75, 3.05) is 0 Å². The molecule has 108 valence electrons. The van der Waals surface area contributed by atoms with Crippen molar-refractivity contribution >= 4 is 17.9 Å². The molecule has 7 heteroatoms. The summed E-state index contributed by atoms with van der Waals surface area (Å²) in [5.74, 6) is -1.49. The lowest BCUT2D eigenvalue weighted by molar-refractivity contribution is -0.250. The molecule has 19 heavy (non-hydrogen) atoms. The average Bonchev–Trinajstić information content (AvgIpc) is 2.21. The highest BCUT2D eigenvalue weighted by Gasteiger charge is 2.42. The Morgan fingerprint density at radius 1 is 0.947 bits per heavy atom. The molecule has 0 unspecified atom stereocenters. The fourth-order valence-corrected chi connectivity index (χ4v) is 1.95. The Balaban J connectivity index is 2.77. The van der Waals surface area contributed by atoms with Gasteiger partial charge in [0.25, 0.3) is 0 Å². The number of hydrogen-bond donors (Lipinski definition) is 0. The number of carbonyl (C=O) groups is 3. The summed E-state index contributed by atoms with van der Waals surface area (Å²) in [5.41, 5.74) is 0. The topological polar surface area (TPSA) is 88.1 Å². The Bertz CT molecular complexity index is 365. The van der Waals surface area contributed by atoms with Crippen LogP contribution in [0.1, 0.15) is 34.1 Å². The van der Waals surface area contributed by atoms with E-state index in [0.717, 1.165) is 0 Å². The molecule has 0 aliphatic carbocycles. The molecule has 4 atom stereocenters. The minimum absolute atomic E-state index is 0.126. The summed E-state index contributed by atoms with van der Waals surface area (Å²) >= 11 is 0. The lowest BCUT2D eigenvalue weighted by Gasteiger charge is -2.38. The van der Waals surface area contributed by atoms with E-state index in [2.05, 4.69) is 0 Å². The van der Waals surface area contributed by atoms with Crippen molar-refractivity contribution in [3.8, 4) is 0 Å². The molecule has 0 N–H and O–H groups in total. The Labute approximate surface area is 111 Å². The summed E-state index contributed by atoms with van der Waals surface area (Å²) in [5, 5.41) is 0. The normalized spacial score (nSPS) is 30.3. The summed E-state index contributed by atoms with van der Waals surface area (Å²) in [4.78, 5) is 33.0. The quantitative estimate of drug-likeness (QED) is 0.548. The number of rotatable bonds is 3. The van der Waals surface area contributed by atoms with Gasteiger partial charge in [-0.15, -0.1) is 0 Å². The smallest absolute Gasteiger partial charge is 0.304 e. The van der Waals surface area contributed by atoms with E-state index in [4.69, 9.17) is 18.9 Å². The van der Waals surface area contributed by atoms with E-state index in [-0.39, 0.29) is 6.42 Å². The molecule has 1 aliphatic rings. The second-order valence-corrected chi connectivity index (χ2v) is 4.34. The second-order valence-electron chi connectivity index (χ2n) is 4.34. The molecular weight excluding hydrogens is 256 g/mol. The SMILES string of the molecule is CC(=O)O[C@H]1C[C@@H](OC(C)=O)[C@H](OC(C)=O)[C@H](C)O1. The van der Waals surface area contributed by atoms with Crippen LogP contribution >= 0.6 is 0 Å². The molecule has 0 aromatic rings. The molecule has 0 aromatic carbocycles. The lowest BCUT2D eigenvalue weighted by atomic mass is 10.0. The van der Waals surface area contributed by atoms with E-state index >= 15 is 0 Å². The average molecular weight is 274 g/mol. The maximum Gasteiger partial charge on any atom is 0.304 e. The molecule has 1 heterocycles. The molecule has 0 amide bonds. The van der Waals surface area contributed by atoms with E-state index < -0.39 is 42.5 Å². The van der Waals surface area contributed by atoms with Gasteiger partial charge in [-0.3, -0.25) is 14.4 Å². The van der Waals surface area contributed by atoms with Gasteiger partial charge in [-0.05, 0) is 6.92 Å². The third-order valence-corrected chi connectivity index (χ3v) is 2.54. The molecular formula is C12H18O7. The number of ether oxygens (including phenoxy) is 4. The standard InChI is InChI=1S/C12H18O7/c1-6-12(19-9(4)15)10(17-7(2)13)5-11(16-6)18-8(3)14/h6,10-12H,5H2,1-4H3/t6-,10+,11-,12+/m0/s1. The van der Waals surface area contributed by atoms with Gasteiger partial charge in [-0.2, -0.15) is 0 Å². The first kappa shape index (κ1) is 15.4. The van der Waals surface area contributed by atoms with Gasteiger partial charge in [0.1, 0.15) is 6.10 Å². The monoisotopic (exact) mass is 274 g/mol. The van der Waals surface area contributed by atoms with Crippen molar-refractivity contribution in [3.05, 3.63) is 0 Å². The summed E-state index contributed by atoms with van der Waals surface area (Å²) in [6, 6.07) is 0. The Kier molecular flexibility index (Phi) is 5.29. The predicted octanol–water partition coefficient (Wildman–Crippen LogP) is 0.548. The highest BCUT2D eigenvalue weighted by atomic mass is 16.7. The van der Waals surface area contributed by atoms with Gasteiger partial charge in [0.2, 0.25) is 6.29 Å². The first-order valence-corrected chi connectivity index (χ1v) is 5.96. The van der Waals surface area contributed by atoms with Crippen molar-refractivity contribution in [2.24, 2.45) is 0 Å². The van der Waals surface area contributed by atoms with Crippen LogP contribution in [0.15, 0.2) is 0 Å². The second kappa shape index (κ2) is 6.51. The highest BCUT2D eigenvalue weighted by molar-refractivity contribution is 5.67. The molecule has 0 radical (unpaired) electrons. The predicted molar refractivity (Wildman–Crippen MR) is 61.8 cm³/mol. The van der Waals surface area contributed by atoms with E-state index in [1.165, 1.54) is 20.8 Å². The summed E-state index contributed by atoms with van der Waals surface area (Å²) in [7, 11) is 0. The van der Waals surface area contributed by atoms with Gasteiger partial charge in [0.15, 0.2) is 6.10 Å². The Morgan fingerprint density at radius 3 is 1.95 bits per heavy atom. The Morgan fingerprint density at radius 2 is 1.47 bits per heavy atom. The first-order valence-electron chi connectivity index (χ1n) is 5.96. The maximum atomic E-state index is 11.1. The summed E-state index contributed by atoms with van der Waals surface area (Å²) in [6.45, 7) is 5.42. The summed E-state index contributed by atoms with van der Waals surface area (Å²) < 4.78 is 20.5. The first-order chi connectivity index (χ1) is 8.79. The van der Waals surface area contributed by atoms with Crippen LogP contribution in [0.2, 0.25) is 0 Å². The van der Waals surface area contributed by atoms with Crippen molar-refractivity contribution in [2.45, 2.75) is 58.7 Å². The van der Waals surface area contributed by atoms with Crippen molar-refractivity contribution in [1.29, 1.82) is 0 Å². The molecule has 0 spiro atoms. The largest absolute Gasteiger partial charge is 0.458 e. The number of esters is 3. The highest BCUT2D eigenvalue weighted by Crippen LogP contribution is 2.26. The fraction of sp³-hybridized carbons (Fsp3) is 0.750. The van der Waals surface area contributed by atoms with Gasteiger partial charge in [-0.1, -0.05) is 0 Å². The molecule has 1 saturated heterocycles. The van der Waals surface area contributed by atoms with Crippen LogP contribution in [0.25, 0.3) is 0 Å². The zero-order valence-corrected chi connectivity index (χ0v) is 11.4. The molecule has 1 aliphatic heterocycles. The number of carbonyl (C=O) groups excluding carboxylic acids is 3. The maximum absolute atomic E-state index is 11.1. The van der Waals surface area contributed by atoms with Gasteiger partial charge in [0.05, 0.1) is 12.5 Å². The van der Waals surface area contributed by atoms with Gasteiger partial charge >= 0.3 is 17.9 Å². The van der Waals surface area contributed by atoms with Crippen LogP contribution in [0.5, 0.6) is 0 Å². The zero-order chi connectivity index (χ0) is 14.6. The fourth-order valence-electron chi connectivity index (χ4n) is 1.95. The van der Waals surface area contributed by atoms with Crippen LogP contribution in [0.3, 0.4) is 0 Å². The van der Waals surface area contributed by atoms with Crippen LogP contribution < -0.4 is 0 Å². The van der Waals surface area contributed by atoms with Crippen LogP contribution in [-0.2, 0) is 33.3 Å². The van der Waals surface area contributed by atoms with Gasteiger partial charge < -0.3 is 18.9 Å². The van der Waals surface area contributed by atoms with E-state index in [9.17, 15) is 14.4 Å². The van der Waals surface area contributed by atoms with Crippen LogP contribution in [0.4, 0.5) is 0 Å². The molecule has 0 bridgehead atoms. The molecule has 1 rings (SSSR count). The van der Waals surface area contributed by atoms with E-state index in [1.54, 1.807) is 6.92 Å². The van der Waals surface area contributed by atoms with Crippen molar-refractivity contribution in [3.63, 3.8) is 0 Å².